The molecule has 0 aromatic heterocycles. The van der Waals surface area contributed by atoms with Crippen LogP contribution in [0.15, 0.2) is 24.3 Å². The number of piperazine rings is 1. The number of benzene rings is 1. The van der Waals surface area contributed by atoms with E-state index in [9.17, 15) is 17.6 Å². The minimum Gasteiger partial charge on any atom is -0.367 e. The molecule has 2 saturated heterocycles. The van der Waals surface area contributed by atoms with Gasteiger partial charge in [0.2, 0.25) is 5.91 Å². The van der Waals surface area contributed by atoms with E-state index in [1.54, 1.807) is 24.1 Å². The topological polar surface area (TPSA) is 60.9 Å². The number of rotatable bonds is 4. The summed E-state index contributed by atoms with van der Waals surface area (Å²) in [6.45, 7) is 2.96. The second-order valence-corrected chi connectivity index (χ2v) is 9.00. The molecule has 1 aromatic rings. The predicted molar refractivity (Wildman–Crippen MR) is 94.9 cm³/mol. The van der Waals surface area contributed by atoms with Crippen LogP contribution in [0.2, 0.25) is 0 Å². The molecule has 0 aliphatic carbocycles. The van der Waals surface area contributed by atoms with Gasteiger partial charge in [0.05, 0.1) is 23.7 Å². The first-order valence-electron chi connectivity index (χ1n) is 8.53. The molecule has 0 N–H and O–H groups in total. The monoisotopic (exact) mass is 369 g/mol. The van der Waals surface area contributed by atoms with Crippen molar-refractivity contribution < 1.29 is 17.6 Å². The Morgan fingerprint density at radius 3 is 2.52 bits per heavy atom. The molecule has 2 aliphatic heterocycles. The van der Waals surface area contributed by atoms with Crippen molar-refractivity contribution in [2.75, 3.05) is 56.2 Å². The van der Waals surface area contributed by atoms with Crippen LogP contribution >= 0.6 is 0 Å². The van der Waals surface area contributed by atoms with E-state index in [4.69, 9.17) is 0 Å². The van der Waals surface area contributed by atoms with Crippen molar-refractivity contribution in [2.45, 2.75) is 12.5 Å². The van der Waals surface area contributed by atoms with Crippen molar-refractivity contribution in [3.05, 3.63) is 30.1 Å². The molecule has 0 radical (unpaired) electrons. The van der Waals surface area contributed by atoms with Gasteiger partial charge in [0, 0.05) is 39.3 Å². The third kappa shape index (κ3) is 4.30. The molecule has 6 nitrogen and oxygen atoms in total. The highest BCUT2D eigenvalue weighted by atomic mass is 32.2. The van der Waals surface area contributed by atoms with E-state index in [1.165, 1.54) is 6.07 Å². The van der Waals surface area contributed by atoms with Gasteiger partial charge in [-0.2, -0.15) is 0 Å². The van der Waals surface area contributed by atoms with Crippen LogP contribution in [-0.2, 0) is 14.6 Å². The highest BCUT2D eigenvalue weighted by Crippen LogP contribution is 2.20. The van der Waals surface area contributed by atoms with Gasteiger partial charge in [0.1, 0.15) is 5.82 Å². The number of hydrogen-bond acceptors (Lipinski definition) is 5. The second-order valence-electron chi connectivity index (χ2n) is 6.78. The molecular weight excluding hydrogens is 345 g/mol. The summed E-state index contributed by atoms with van der Waals surface area (Å²) < 4.78 is 37.0. The molecule has 2 fully saturated rings. The fourth-order valence-corrected chi connectivity index (χ4v) is 5.22. The zero-order valence-corrected chi connectivity index (χ0v) is 15.2. The summed E-state index contributed by atoms with van der Waals surface area (Å²) >= 11 is 0. The number of anilines is 1. The van der Waals surface area contributed by atoms with Crippen molar-refractivity contribution in [1.29, 1.82) is 0 Å². The molecule has 25 heavy (non-hydrogen) atoms. The Labute approximate surface area is 148 Å². The first kappa shape index (κ1) is 18.1. The molecule has 138 valence electrons. The number of likely N-dealkylation sites (N-methyl/N-ethyl adjacent to an activating group) is 1. The number of nitrogens with zero attached hydrogens (tertiary/aromatic N) is 3. The Morgan fingerprint density at radius 1 is 1.24 bits per heavy atom. The van der Waals surface area contributed by atoms with E-state index < -0.39 is 9.84 Å². The van der Waals surface area contributed by atoms with E-state index in [-0.39, 0.29) is 35.8 Å². The Kier molecular flexibility index (Phi) is 5.29. The summed E-state index contributed by atoms with van der Waals surface area (Å²) in [6.07, 6.45) is 0.519. The fourth-order valence-electron chi connectivity index (χ4n) is 3.44. The SMILES string of the molecule is CN(C(=O)CN1CCN(c2ccccc2F)CC1)[C@@H]1CCS(=O)(=O)C1. The predicted octanol–water partition coefficient (Wildman–Crippen LogP) is 0.593. The molecule has 1 atom stereocenters. The second kappa shape index (κ2) is 7.29. The Morgan fingerprint density at radius 2 is 1.92 bits per heavy atom. The van der Waals surface area contributed by atoms with Gasteiger partial charge in [0.15, 0.2) is 9.84 Å². The van der Waals surface area contributed by atoms with E-state index in [1.807, 2.05) is 15.9 Å². The highest BCUT2D eigenvalue weighted by Gasteiger charge is 2.33. The first-order chi connectivity index (χ1) is 11.9. The number of carbonyl (C=O) groups is 1. The summed E-state index contributed by atoms with van der Waals surface area (Å²) in [5, 5.41) is 0. The van der Waals surface area contributed by atoms with E-state index in [0.717, 1.165) is 0 Å². The van der Waals surface area contributed by atoms with Crippen LogP contribution in [0, 0.1) is 5.82 Å². The summed E-state index contributed by atoms with van der Waals surface area (Å²) in [4.78, 5) is 18.0. The first-order valence-corrected chi connectivity index (χ1v) is 10.4. The van der Waals surface area contributed by atoms with Gasteiger partial charge in [-0.3, -0.25) is 9.69 Å². The minimum absolute atomic E-state index is 0.0542. The summed E-state index contributed by atoms with van der Waals surface area (Å²) in [5.41, 5.74) is 0.599. The smallest absolute Gasteiger partial charge is 0.236 e. The van der Waals surface area contributed by atoms with Crippen LogP contribution in [0.4, 0.5) is 10.1 Å². The number of para-hydroxylation sites is 1. The van der Waals surface area contributed by atoms with Gasteiger partial charge < -0.3 is 9.80 Å². The summed E-state index contributed by atoms with van der Waals surface area (Å²) in [5.74, 6) is -0.0527. The van der Waals surface area contributed by atoms with Crippen LogP contribution < -0.4 is 4.90 Å². The standard InChI is InChI=1S/C17H24FN3O3S/c1-19(14-6-11-25(23,24)13-14)17(22)12-20-7-9-21(10-8-20)16-5-3-2-4-15(16)18/h2-5,14H,6-13H2,1H3/t14-/m1/s1. The minimum atomic E-state index is -3.00. The molecule has 1 amide bonds. The maximum Gasteiger partial charge on any atom is 0.236 e. The lowest BCUT2D eigenvalue weighted by Crippen LogP contribution is -2.51. The fraction of sp³-hybridized carbons (Fsp3) is 0.588. The van der Waals surface area contributed by atoms with Crippen LogP contribution in [0.1, 0.15) is 6.42 Å². The number of halogens is 1. The maximum absolute atomic E-state index is 13.9. The molecule has 0 unspecified atom stereocenters. The lowest BCUT2D eigenvalue weighted by Gasteiger charge is -2.36. The average Bonchev–Trinajstić information content (AvgIpc) is 2.95. The lowest BCUT2D eigenvalue weighted by molar-refractivity contribution is -0.132. The largest absolute Gasteiger partial charge is 0.367 e. The third-order valence-electron chi connectivity index (χ3n) is 5.07. The van der Waals surface area contributed by atoms with Crippen LogP contribution in [-0.4, -0.2) is 81.4 Å². The molecule has 3 rings (SSSR count). The van der Waals surface area contributed by atoms with Gasteiger partial charge >= 0.3 is 0 Å². The molecule has 0 bridgehead atoms. The van der Waals surface area contributed by atoms with Crippen LogP contribution in [0.3, 0.4) is 0 Å². The van der Waals surface area contributed by atoms with Crippen molar-refractivity contribution in [1.82, 2.24) is 9.80 Å². The molecule has 0 spiro atoms. The molecule has 2 aliphatic rings. The Balaban J connectivity index is 1.50. The zero-order valence-electron chi connectivity index (χ0n) is 14.4. The lowest BCUT2D eigenvalue weighted by atomic mass is 10.2. The van der Waals surface area contributed by atoms with E-state index >= 15 is 0 Å². The number of sulfone groups is 1. The molecule has 2 heterocycles. The highest BCUT2D eigenvalue weighted by molar-refractivity contribution is 7.91. The van der Waals surface area contributed by atoms with Crippen molar-refractivity contribution in [2.24, 2.45) is 0 Å². The van der Waals surface area contributed by atoms with Gasteiger partial charge in [-0.15, -0.1) is 0 Å². The van der Waals surface area contributed by atoms with E-state index in [0.29, 0.717) is 38.3 Å². The zero-order chi connectivity index (χ0) is 18.0. The van der Waals surface area contributed by atoms with Gasteiger partial charge in [-0.05, 0) is 18.6 Å². The van der Waals surface area contributed by atoms with Gasteiger partial charge in [-0.25, -0.2) is 12.8 Å². The molecule has 1 aromatic carbocycles. The van der Waals surface area contributed by atoms with Crippen molar-refractivity contribution in [3.8, 4) is 0 Å². The molecule has 0 saturated carbocycles. The van der Waals surface area contributed by atoms with Gasteiger partial charge in [0.25, 0.3) is 0 Å². The van der Waals surface area contributed by atoms with E-state index in [2.05, 4.69) is 0 Å². The van der Waals surface area contributed by atoms with Crippen LogP contribution in [0.5, 0.6) is 0 Å². The maximum atomic E-state index is 13.9. The third-order valence-corrected chi connectivity index (χ3v) is 6.82. The number of amides is 1. The molecular formula is C17H24FN3O3S. The Hall–Kier alpha value is -1.67. The summed E-state index contributed by atoms with van der Waals surface area (Å²) in [6, 6.07) is 6.50. The number of hydrogen-bond donors (Lipinski definition) is 0. The molecule has 8 heteroatoms. The Bertz CT molecular complexity index is 732. The van der Waals surface area contributed by atoms with Crippen molar-refractivity contribution in [3.63, 3.8) is 0 Å². The average molecular weight is 369 g/mol. The summed E-state index contributed by atoms with van der Waals surface area (Å²) in [7, 11) is -1.31. The quantitative estimate of drug-likeness (QED) is 0.778. The van der Waals surface area contributed by atoms with Crippen molar-refractivity contribution >= 4 is 21.4 Å². The normalized spacial score (nSPS) is 23.6. The number of carbonyl (C=O) groups excluding carboxylic acids is 1. The van der Waals surface area contributed by atoms with Gasteiger partial charge in [-0.1, -0.05) is 12.1 Å². The van der Waals surface area contributed by atoms with Crippen LogP contribution in [0.25, 0.3) is 0 Å².